The summed E-state index contributed by atoms with van der Waals surface area (Å²) in [5.74, 6) is 0.975. The molecule has 2 N–H and O–H groups in total. The molecule has 0 bridgehead atoms. The van der Waals surface area contributed by atoms with E-state index in [2.05, 4.69) is 30.4 Å². The van der Waals surface area contributed by atoms with E-state index in [-0.39, 0.29) is 6.61 Å². The minimum absolute atomic E-state index is 0.271. The molecule has 1 aromatic carbocycles. The van der Waals surface area contributed by atoms with Gasteiger partial charge in [0.25, 0.3) is 0 Å². The van der Waals surface area contributed by atoms with E-state index in [1.807, 2.05) is 11.8 Å². The molecule has 0 aliphatic rings. The third-order valence-corrected chi connectivity index (χ3v) is 3.87. The Morgan fingerprint density at radius 3 is 2.89 bits per heavy atom. The van der Waals surface area contributed by atoms with E-state index in [0.717, 1.165) is 31.9 Å². The number of aliphatic hydroxyl groups is 1. The first kappa shape index (κ1) is 15.5. The van der Waals surface area contributed by atoms with Crippen LogP contribution >= 0.6 is 11.8 Å². The number of aryl methyl sites for hydroxylation is 1. The molecular weight excluding hydrogens is 246 g/mol. The number of nitrogens with one attached hydrogen (secondary N) is 1. The van der Waals surface area contributed by atoms with Crippen molar-refractivity contribution in [2.24, 2.45) is 0 Å². The van der Waals surface area contributed by atoms with Crippen LogP contribution in [0.4, 0.5) is 0 Å². The SMILES string of the molecule is COCCNCc1ccc(SCCCO)c(C)c1. The number of ether oxygens (including phenoxy) is 1. The van der Waals surface area contributed by atoms with Crippen LogP contribution in [0.2, 0.25) is 0 Å². The first-order valence-electron chi connectivity index (χ1n) is 6.30. The van der Waals surface area contributed by atoms with Gasteiger partial charge in [-0.15, -0.1) is 11.8 Å². The maximum atomic E-state index is 8.77. The monoisotopic (exact) mass is 269 g/mol. The molecule has 0 radical (unpaired) electrons. The topological polar surface area (TPSA) is 41.5 Å². The second kappa shape index (κ2) is 9.39. The number of hydrogen-bond acceptors (Lipinski definition) is 4. The van der Waals surface area contributed by atoms with Gasteiger partial charge in [-0.05, 0) is 30.5 Å². The van der Waals surface area contributed by atoms with Gasteiger partial charge >= 0.3 is 0 Å². The number of aliphatic hydroxyl groups excluding tert-OH is 1. The number of thioether (sulfide) groups is 1. The van der Waals surface area contributed by atoms with Crippen LogP contribution in [0.3, 0.4) is 0 Å². The summed E-state index contributed by atoms with van der Waals surface area (Å²) in [5, 5.41) is 12.1. The maximum absolute atomic E-state index is 8.77. The van der Waals surface area contributed by atoms with Crippen LogP contribution in [-0.2, 0) is 11.3 Å². The molecular formula is C14H23NO2S. The lowest BCUT2D eigenvalue weighted by molar-refractivity contribution is 0.199. The zero-order valence-electron chi connectivity index (χ0n) is 11.2. The maximum Gasteiger partial charge on any atom is 0.0587 e. The van der Waals surface area contributed by atoms with Crippen LogP contribution in [0, 0.1) is 6.92 Å². The van der Waals surface area contributed by atoms with Gasteiger partial charge in [0.05, 0.1) is 6.61 Å². The summed E-state index contributed by atoms with van der Waals surface area (Å²) in [6, 6.07) is 6.56. The number of methoxy groups -OCH3 is 1. The zero-order chi connectivity index (χ0) is 13.2. The van der Waals surface area contributed by atoms with Crippen LogP contribution in [0.1, 0.15) is 17.5 Å². The van der Waals surface area contributed by atoms with Crippen molar-refractivity contribution >= 4 is 11.8 Å². The zero-order valence-corrected chi connectivity index (χ0v) is 12.1. The van der Waals surface area contributed by atoms with Crippen molar-refractivity contribution < 1.29 is 9.84 Å². The molecule has 0 aromatic heterocycles. The Bertz CT molecular complexity index is 345. The van der Waals surface area contributed by atoms with Gasteiger partial charge in [0.1, 0.15) is 0 Å². The molecule has 0 aliphatic carbocycles. The largest absolute Gasteiger partial charge is 0.396 e. The van der Waals surface area contributed by atoms with Crippen molar-refractivity contribution in [2.75, 3.05) is 32.6 Å². The highest BCUT2D eigenvalue weighted by atomic mass is 32.2. The number of hydrogen-bond donors (Lipinski definition) is 2. The summed E-state index contributed by atoms with van der Waals surface area (Å²) in [7, 11) is 1.71. The Labute approximate surface area is 114 Å². The second-order valence-electron chi connectivity index (χ2n) is 4.20. The summed E-state index contributed by atoms with van der Waals surface area (Å²) in [5.41, 5.74) is 2.61. The van der Waals surface area contributed by atoms with Crippen molar-refractivity contribution in [3.8, 4) is 0 Å². The van der Waals surface area contributed by atoms with Crippen LogP contribution in [-0.4, -0.2) is 37.7 Å². The predicted molar refractivity (Wildman–Crippen MR) is 77.2 cm³/mol. The molecule has 0 heterocycles. The molecule has 4 heteroatoms. The lowest BCUT2D eigenvalue weighted by atomic mass is 10.1. The van der Waals surface area contributed by atoms with Crippen LogP contribution in [0.25, 0.3) is 0 Å². The first-order chi connectivity index (χ1) is 8.77. The Balaban J connectivity index is 2.41. The van der Waals surface area contributed by atoms with Gasteiger partial charge in [0.15, 0.2) is 0 Å². The third kappa shape index (κ3) is 5.87. The highest BCUT2D eigenvalue weighted by Crippen LogP contribution is 2.23. The molecule has 0 fully saturated rings. The number of benzene rings is 1. The fraction of sp³-hybridized carbons (Fsp3) is 0.571. The highest BCUT2D eigenvalue weighted by Gasteiger charge is 2.01. The average molecular weight is 269 g/mol. The molecule has 0 amide bonds. The summed E-state index contributed by atoms with van der Waals surface area (Å²) in [4.78, 5) is 1.31. The molecule has 0 aliphatic heterocycles. The van der Waals surface area contributed by atoms with Crippen LogP contribution < -0.4 is 5.32 Å². The van der Waals surface area contributed by atoms with Gasteiger partial charge in [0.2, 0.25) is 0 Å². The molecule has 0 spiro atoms. The van der Waals surface area contributed by atoms with Gasteiger partial charge in [-0.2, -0.15) is 0 Å². The van der Waals surface area contributed by atoms with Crippen molar-refractivity contribution in [3.05, 3.63) is 29.3 Å². The molecule has 1 aromatic rings. The van der Waals surface area contributed by atoms with Crippen molar-refractivity contribution in [3.63, 3.8) is 0 Å². The van der Waals surface area contributed by atoms with E-state index in [9.17, 15) is 0 Å². The van der Waals surface area contributed by atoms with E-state index in [0.29, 0.717) is 0 Å². The first-order valence-corrected chi connectivity index (χ1v) is 7.29. The third-order valence-electron chi connectivity index (χ3n) is 2.61. The molecule has 3 nitrogen and oxygen atoms in total. The van der Waals surface area contributed by atoms with E-state index >= 15 is 0 Å². The lowest BCUT2D eigenvalue weighted by Gasteiger charge is -2.09. The second-order valence-corrected chi connectivity index (χ2v) is 5.33. The van der Waals surface area contributed by atoms with Gasteiger partial charge in [-0.1, -0.05) is 12.1 Å². The van der Waals surface area contributed by atoms with Crippen molar-refractivity contribution in [1.29, 1.82) is 0 Å². The molecule has 18 heavy (non-hydrogen) atoms. The molecule has 0 saturated heterocycles. The summed E-state index contributed by atoms with van der Waals surface area (Å²) < 4.78 is 4.99. The normalized spacial score (nSPS) is 10.8. The Hall–Kier alpha value is -0.550. The molecule has 0 atom stereocenters. The summed E-state index contributed by atoms with van der Waals surface area (Å²) in [6.45, 7) is 4.91. The van der Waals surface area contributed by atoms with Crippen LogP contribution in [0.15, 0.2) is 23.1 Å². The van der Waals surface area contributed by atoms with Crippen LogP contribution in [0.5, 0.6) is 0 Å². The summed E-state index contributed by atoms with van der Waals surface area (Å²) >= 11 is 1.81. The standard InChI is InChI=1S/C14H23NO2S/c1-12-10-13(11-15-6-8-17-2)4-5-14(12)18-9-3-7-16/h4-5,10,15-16H,3,6-9,11H2,1-2H3. The Kier molecular flexibility index (Phi) is 8.09. The Morgan fingerprint density at radius 2 is 2.22 bits per heavy atom. The van der Waals surface area contributed by atoms with Crippen molar-refractivity contribution in [1.82, 2.24) is 5.32 Å². The quantitative estimate of drug-likeness (QED) is 0.533. The van der Waals surface area contributed by atoms with Gasteiger partial charge in [-0.3, -0.25) is 0 Å². The predicted octanol–water partition coefficient (Wildman–Crippen LogP) is 2.21. The molecule has 1 rings (SSSR count). The Morgan fingerprint density at radius 1 is 1.39 bits per heavy atom. The minimum Gasteiger partial charge on any atom is -0.396 e. The minimum atomic E-state index is 0.271. The summed E-state index contributed by atoms with van der Waals surface area (Å²) in [6.07, 6.45) is 0.852. The average Bonchev–Trinajstić information content (AvgIpc) is 2.37. The van der Waals surface area contributed by atoms with Gasteiger partial charge in [-0.25, -0.2) is 0 Å². The highest BCUT2D eigenvalue weighted by molar-refractivity contribution is 7.99. The lowest BCUT2D eigenvalue weighted by Crippen LogP contribution is -2.18. The van der Waals surface area contributed by atoms with E-state index in [1.165, 1.54) is 16.0 Å². The van der Waals surface area contributed by atoms with Crippen molar-refractivity contribution in [2.45, 2.75) is 24.8 Å². The van der Waals surface area contributed by atoms with Gasteiger partial charge < -0.3 is 15.2 Å². The molecule has 0 unspecified atom stereocenters. The fourth-order valence-electron chi connectivity index (χ4n) is 1.64. The van der Waals surface area contributed by atoms with Gasteiger partial charge in [0, 0.05) is 37.5 Å². The van der Waals surface area contributed by atoms with E-state index < -0.39 is 0 Å². The number of rotatable bonds is 9. The van der Waals surface area contributed by atoms with E-state index in [4.69, 9.17) is 9.84 Å². The van der Waals surface area contributed by atoms with E-state index in [1.54, 1.807) is 7.11 Å². The fourth-order valence-corrected chi connectivity index (χ4v) is 2.58. The molecule has 102 valence electrons. The smallest absolute Gasteiger partial charge is 0.0587 e. The molecule has 0 saturated carbocycles.